The summed E-state index contributed by atoms with van der Waals surface area (Å²) >= 11 is 3.03. The van der Waals surface area contributed by atoms with Gasteiger partial charge in [-0.15, -0.1) is 0 Å². The fraction of sp³-hybridized carbons (Fsp3) is 0.300. The number of hydrogen-bond donors (Lipinski definition) is 1. The van der Waals surface area contributed by atoms with Gasteiger partial charge in [-0.1, -0.05) is 52.6 Å². The van der Waals surface area contributed by atoms with Gasteiger partial charge in [0.1, 0.15) is 11.5 Å². The molecular weight excluding hydrogens is 554 g/mol. The van der Waals surface area contributed by atoms with Gasteiger partial charge in [-0.3, -0.25) is 4.55 Å². The summed E-state index contributed by atoms with van der Waals surface area (Å²) in [6.07, 6.45) is -8.50. The molecule has 35 heavy (non-hydrogen) atoms. The molecule has 7 nitrogen and oxygen atoms in total. The SMILES string of the molecule is [B]Cc1cc(C[B])c(OC(=O)c2ccc(Br)cc2C(=O)OC(CS(=O)(=O)O)C(F)(F)F)c(C[B])c1. The van der Waals surface area contributed by atoms with Crippen molar-refractivity contribution in [3.63, 3.8) is 0 Å². The standard InChI is InChI=1S/C20H15B3BrF3O7S/c21-6-10-3-11(7-22)17(12(4-10)8-23)34-18(28)14-2-1-13(24)5-15(14)19(29)33-16(20(25,26)27)9-35(30,31)32/h1-5,16H,6-9H2,(H,30,31,32). The zero-order chi connectivity index (χ0) is 26.6. The molecular formula is C20H15B3BrF3O7S. The van der Waals surface area contributed by atoms with Crippen LogP contribution in [0.4, 0.5) is 13.2 Å². The Balaban J connectivity index is 2.46. The maximum Gasteiger partial charge on any atom is 0.426 e. The molecule has 1 atom stereocenters. The molecule has 1 unspecified atom stereocenters. The first-order valence-electron chi connectivity index (χ1n) is 9.69. The Bertz CT molecular complexity index is 1200. The molecule has 15 heteroatoms. The number of halogens is 4. The second-order valence-corrected chi connectivity index (χ2v) is 9.53. The predicted molar refractivity (Wildman–Crippen MR) is 126 cm³/mol. The third kappa shape index (κ3) is 7.87. The monoisotopic (exact) mass is 568 g/mol. The second kappa shape index (κ2) is 11.7. The summed E-state index contributed by atoms with van der Waals surface area (Å²) in [7, 11) is 11.9. The maximum atomic E-state index is 13.2. The van der Waals surface area contributed by atoms with Crippen molar-refractivity contribution in [1.82, 2.24) is 0 Å². The van der Waals surface area contributed by atoms with E-state index in [9.17, 15) is 31.2 Å². The Morgan fingerprint density at radius 3 is 2.00 bits per heavy atom. The van der Waals surface area contributed by atoms with Crippen LogP contribution in [-0.2, 0) is 33.8 Å². The van der Waals surface area contributed by atoms with Gasteiger partial charge in [-0.25, -0.2) is 9.59 Å². The normalized spacial score (nSPS) is 12.7. The van der Waals surface area contributed by atoms with Crippen molar-refractivity contribution >= 4 is 61.5 Å². The van der Waals surface area contributed by atoms with Crippen LogP contribution in [0.2, 0.25) is 0 Å². The van der Waals surface area contributed by atoms with Gasteiger partial charge in [0.2, 0.25) is 6.10 Å². The van der Waals surface area contributed by atoms with E-state index >= 15 is 0 Å². The summed E-state index contributed by atoms with van der Waals surface area (Å²) in [6.45, 7) is 0. The predicted octanol–water partition coefficient (Wildman–Crippen LogP) is 2.65. The molecule has 0 amide bonds. The Morgan fingerprint density at radius 2 is 1.54 bits per heavy atom. The molecule has 0 aliphatic rings. The fourth-order valence-electron chi connectivity index (χ4n) is 2.97. The highest BCUT2D eigenvalue weighted by atomic mass is 79.9. The van der Waals surface area contributed by atoms with Gasteiger partial charge in [0.05, 0.1) is 34.7 Å². The van der Waals surface area contributed by atoms with Crippen LogP contribution >= 0.6 is 15.9 Å². The molecule has 6 radical (unpaired) electrons. The molecule has 180 valence electrons. The zero-order valence-electron chi connectivity index (χ0n) is 17.8. The lowest BCUT2D eigenvalue weighted by atomic mass is 9.85. The number of esters is 2. The first kappa shape index (κ1) is 29.0. The van der Waals surface area contributed by atoms with Crippen LogP contribution in [-0.4, -0.2) is 66.5 Å². The molecule has 1 N–H and O–H groups in total. The van der Waals surface area contributed by atoms with E-state index in [0.29, 0.717) is 16.7 Å². The van der Waals surface area contributed by atoms with Gasteiger partial charge in [-0.05, 0) is 29.3 Å². The number of carbonyl (C=O) groups is 2. The van der Waals surface area contributed by atoms with E-state index in [2.05, 4.69) is 20.7 Å². The lowest BCUT2D eigenvalue weighted by Gasteiger charge is -2.20. The number of ether oxygens (including phenoxy) is 2. The Kier molecular flexibility index (Phi) is 9.66. The lowest BCUT2D eigenvalue weighted by Crippen LogP contribution is -2.39. The molecule has 0 saturated carbocycles. The summed E-state index contributed by atoms with van der Waals surface area (Å²) in [6, 6.07) is 6.57. The van der Waals surface area contributed by atoms with Gasteiger partial charge < -0.3 is 9.47 Å². The van der Waals surface area contributed by atoms with Gasteiger partial charge in [0, 0.05) is 4.47 Å². The van der Waals surface area contributed by atoms with E-state index < -0.39 is 51.2 Å². The average Bonchev–Trinajstić information content (AvgIpc) is 2.76. The molecule has 2 aromatic rings. The highest BCUT2D eigenvalue weighted by molar-refractivity contribution is 9.10. The number of alkyl halides is 3. The van der Waals surface area contributed by atoms with Crippen LogP contribution in [0.1, 0.15) is 37.4 Å². The highest BCUT2D eigenvalue weighted by Crippen LogP contribution is 2.30. The van der Waals surface area contributed by atoms with Crippen molar-refractivity contribution in [2.45, 2.75) is 31.2 Å². The molecule has 0 aromatic heterocycles. The summed E-state index contributed by atoms with van der Waals surface area (Å²) in [5.74, 6) is -4.75. The number of benzene rings is 2. The minimum Gasteiger partial charge on any atom is -0.448 e. The topological polar surface area (TPSA) is 107 Å². The molecule has 0 fully saturated rings. The van der Waals surface area contributed by atoms with Gasteiger partial charge in [0.15, 0.2) is 0 Å². The summed E-state index contributed by atoms with van der Waals surface area (Å²) in [5.41, 5.74) is 0.258. The Labute approximate surface area is 211 Å². The fourth-order valence-corrected chi connectivity index (χ4v) is 3.97. The van der Waals surface area contributed by atoms with Crippen LogP contribution in [0, 0.1) is 0 Å². The van der Waals surface area contributed by atoms with Crippen molar-refractivity contribution in [3.8, 4) is 5.75 Å². The second-order valence-electron chi connectivity index (χ2n) is 7.12. The third-order valence-electron chi connectivity index (χ3n) is 4.57. The summed E-state index contributed by atoms with van der Waals surface area (Å²) < 4.78 is 80.2. The molecule has 0 spiro atoms. The summed E-state index contributed by atoms with van der Waals surface area (Å²) in [5, 5.41) is 0. The van der Waals surface area contributed by atoms with E-state index in [1.807, 2.05) is 0 Å². The molecule has 0 bridgehead atoms. The van der Waals surface area contributed by atoms with E-state index in [4.69, 9.17) is 32.8 Å². The minimum atomic E-state index is -5.32. The number of carbonyl (C=O) groups excluding carboxylic acids is 2. The number of hydrogen-bond acceptors (Lipinski definition) is 6. The maximum absolute atomic E-state index is 13.2. The number of rotatable bonds is 9. The van der Waals surface area contributed by atoms with Crippen LogP contribution in [0.15, 0.2) is 34.8 Å². The summed E-state index contributed by atoms with van der Waals surface area (Å²) in [4.78, 5) is 25.5. The van der Waals surface area contributed by atoms with Gasteiger partial charge in [0.25, 0.3) is 10.1 Å². The Morgan fingerprint density at radius 1 is 0.971 bits per heavy atom. The van der Waals surface area contributed by atoms with E-state index in [-0.39, 0.29) is 29.2 Å². The van der Waals surface area contributed by atoms with Crippen molar-refractivity contribution < 1.29 is 45.2 Å². The quantitative estimate of drug-likeness (QED) is 0.215. The van der Waals surface area contributed by atoms with Gasteiger partial charge >= 0.3 is 18.1 Å². The van der Waals surface area contributed by atoms with E-state index in [1.54, 1.807) is 12.1 Å². The average molecular weight is 569 g/mol. The van der Waals surface area contributed by atoms with Crippen LogP contribution < -0.4 is 4.74 Å². The van der Waals surface area contributed by atoms with Crippen molar-refractivity contribution in [1.29, 1.82) is 0 Å². The van der Waals surface area contributed by atoms with Crippen molar-refractivity contribution in [2.24, 2.45) is 0 Å². The lowest BCUT2D eigenvalue weighted by molar-refractivity contribution is -0.197. The van der Waals surface area contributed by atoms with Crippen LogP contribution in [0.5, 0.6) is 5.75 Å². The molecule has 0 aliphatic carbocycles. The zero-order valence-corrected chi connectivity index (χ0v) is 20.2. The molecule has 2 aromatic carbocycles. The largest absolute Gasteiger partial charge is 0.448 e. The Hall–Kier alpha value is -2.25. The highest BCUT2D eigenvalue weighted by Gasteiger charge is 2.46. The first-order valence-corrected chi connectivity index (χ1v) is 12.1. The van der Waals surface area contributed by atoms with Crippen molar-refractivity contribution in [3.05, 3.63) is 62.6 Å². The van der Waals surface area contributed by atoms with E-state index in [1.165, 1.54) is 6.07 Å². The van der Waals surface area contributed by atoms with E-state index in [0.717, 1.165) is 12.1 Å². The third-order valence-corrected chi connectivity index (χ3v) is 5.79. The molecule has 0 aliphatic heterocycles. The van der Waals surface area contributed by atoms with Crippen LogP contribution in [0.3, 0.4) is 0 Å². The molecule has 0 saturated heterocycles. The first-order chi connectivity index (χ1) is 16.2. The molecule has 0 heterocycles. The molecule has 2 rings (SSSR count). The van der Waals surface area contributed by atoms with Gasteiger partial charge in [-0.2, -0.15) is 21.6 Å². The minimum absolute atomic E-state index is 0.000946. The van der Waals surface area contributed by atoms with Crippen molar-refractivity contribution in [2.75, 3.05) is 5.75 Å². The smallest absolute Gasteiger partial charge is 0.426 e. The van der Waals surface area contributed by atoms with Crippen LogP contribution in [0.25, 0.3) is 0 Å².